The van der Waals surface area contributed by atoms with Crippen molar-refractivity contribution in [3.8, 4) is 0 Å². The summed E-state index contributed by atoms with van der Waals surface area (Å²) in [6.07, 6.45) is 2.25. The molecule has 0 unspecified atom stereocenters. The molecule has 3 rings (SSSR count). The molecule has 6 heteroatoms. The highest BCUT2D eigenvalue weighted by atomic mass is 32.1. The van der Waals surface area contributed by atoms with E-state index in [2.05, 4.69) is 22.5 Å². The maximum absolute atomic E-state index is 13.2. The smallest absolute Gasteiger partial charge is 0.191 e. The molecule has 1 heterocycles. The van der Waals surface area contributed by atoms with Gasteiger partial charge in [-0.1, -0.05) is 12.1 Å². The highest BCUT2D eigenvalue weighted by molar-refractivity contribution is 7.11. The summed E-state index contributed by atoms with van der Waals surface area (Å²) in [6, 6.07) is 6.89. The lowest BCUT2D eigenvalue weighted by molar-refractivity contribution is 0.617. The Kier molecular flexibility index (Phi) is 5.37. The summed E-state index contributed by atoms with van der Waals surface area (Å²) < 4.78 is 13.2. The Balaban J connectivity index is 1.64. The quantitative estimate of drug-likeness (QED) is 0.610. The van der Waals surface area contributed by atoms with Gasteiger partial charge in [0, 0.05) is 23.4 Å². The van der Waals surface area contributed by atoms with Crippen LogP contribution >= 0.6 is 11.3 Å². The van der Waals surface area contributed by atoms with Crippen LogP contribution < -0.4 is 10.6 Å². The Bertz CT molecular complexity index is 747. The van der Waals surface area contributed by atoms with Crippen molar-refractivity contribution < 1.29 is 4.39 Å². The van der Waals surface area contributed by atoms with Gasteiger partial charge in [0.1, 0.15) is 5.82 Å². The molecule has 2 N–H and O–H groups in total. The first-order valence-corrected chi connectivity index (χ1v) is 9.55. The van der Waals surface area contributed by atoms with Gasteiger partial charge < -0.3 is 10.6 Å². The van der Waals surface area contributed by atoms with E-state index in [-0.39, 0.29) is 11.2 Å². The lowest BCUT2D eigenvalue weighted by atomic mass is 9.96. The van der Waals surface area contributed by atoms with Crippen molar-refractivity contribution in [2.45, 2.75) is 45.6 Å². The maximum atomic E-state index is 13.2. The fourth-order valence-electron chi connectivity index (χ4n) is 2.99. The van der Waals surface area contributed by atoms with E-state index in [4.69, 9.17) is 4.99 Å². The summed E-state index contributed by atoms with van der Waals surface area (Å²) in [7, 11) is 0. The molecule has 4 nitrogen and oxygen atoms in total. The third kappa shape index (κ3) is 4.37. The zero-order valence-corrected chi connectivity index (χ0v) is 15.8. The molecule has 1 fully saturated rings. The Morgan fingerprint density at radius 3 is 2.52 bits per heavy atom. The molecule has 1 aliphatic rings. The van der Waals surface area contributed by atoms with Gasteiger partial charge in [-0.3, -0.25) is 0 Å². The Morgan fingerprint density at radius 2 is 1.96 bits per heavy atom. The van der Waals surface area contributed by atoms with E-state index in [1.807, 2.05) is 26.0 Å². The van der Waals surface area contributed by atoms with Crippen LogP contribution in [-0.4, -0.2) is 24.0 Å². The van der Waals surface area contributed by atoms with Gasteiger partial charge in [0.15, 0.2) is 5.96 Å². The number of aryl methyl sites for hydroxylation is 2. The second-order valence-electron chi connectivity index (χ2n) is 6.58. The van der Waals surface area contributed by atoms with E-state index >= 15 is 0 Å². The predicted octanol–water partition coefficient (Wildman–Crippen LogP) is 3.69. The monoisotopic (exact) mass is 360 g/mol. The number of hydrogen-bond acceptors (Lipinski definition) is 3. The number of nitrogens with zero attached hydrogens (tertiary/aromatic N) is 2. The molecule has 0 saturated heterocycles. The second kappa shape index (κ2) is 7.52. The van der Waals surface area contributed by atoms with Crippen molar-refractivity contribution >= 4 is 17.3 Å². The molecule has 0 bridgehead atoms. The molecule has 1 saturated carbocycles. The summed E-state index contributed by atoms with van der Waals surface area (Å²) in [5.74, 6) is 0.638. The minimum atomic E-state index is -0.183. The van der Waals surface area contributed by atoms with E-state index in [1.54, 1.807) is 23.5 Å². The molecule has 25 heavy (non-hydrogen) atoms. The van der Waals surface area contributed by atoms with Crippen LogP contribution in [0.25, 0.3) is 0 Å². The van der Waals surface area contributed by atoms with Gasteiger partial charge in [0.2, 0.25) is 0 Å². The Hall–Kier alpha value is -1.95. The molecule has 2 aromatic rings. The lowest BCUT2D eigenvalue weighted by Gasteiger charge is -2.19. The summed E-state index contributed by atoms with van der Waals surface area (Å²) in [5, 5.41) is 7.84. The zero-order valence-electron chi connectivity index (χ0n) is 15.0. The van der Waals surface area contributed by atoms with Crippen molar-refractivity contribution in [2.75, 3.05) is 13.1 Å². The van der Waals surface area contributed by atoms with Crippen LogP contribution in [0, 0.1) is 19.7 Å². The fourth-order valence-corrected chi connectivity index (χ4v) is 3.85. The third-order valence-corrected chi connectivity index (χ3v) is 5.69. The second-order valence-corrected chi connectivity index (χ2v) is 7.87. The topological polar surface area (TPSA) is 49.3 Å². The number of rotatable bonds is 6. The minimum Gasteiger partial charge on any atom is -0.357 e. The van der Waals surface area contributed by atoms with Gasteiger partial charge in [-0.05, 0) is 51.3 Å². The van der Waals surface area contributed by atoms with Crippen molar-refractivity contribution in [1.29, 1.82) is 0 Å². The van der Waals surface area contributed by atoms with Crippen molar-refractivity contribution in [3.05, 3.63) is 51.2 Å². The van der Waals surface area contributed by atoms with Crippen LogP contribution in [0.15, 0.2) is 29.3 Å². The number of hydrogen-bond donors (Lipinski definition) is 2. The lowest BCUT2D eigenvalue weighted by Crippen LogP contribution is -2.41. The maximum Gasteiger partial charge on any atom is 0.191 e. The van der Waals surface area contributed by atoms with Gasteiger partial charge in [-0.15, -0.1) is 11.3 Å². The van der Waals surface area contributed by atoms with Crippen molar-refractivity contribution in [2.24, 2.45) is 4.99 Å². The summed E-state index contributed by atoms with van der Waals surface area (Å²) in [5.41, 5.74) is 2.37. The zero-order chi connectivity index (χ0) is 17.9. The summed E-state index contributed by atoms with van der Waals surface area (Å²) in [6.45, 7) is 8.37. The van der Waals surface area contributed by atoms with Gasteiger partial charge in [0.05, 0.1) is 17.2 Å². The molecule has 0 spiro atoms. The van der Waals surface area contributed by atoms with Gasteiger partial charge in [0.25, 0.3) is 0 Å². The molecular weight excluding hydrogens is 335 g/mol. The molecule has 0 aliphatic heterocycles. The standard InChI is InChI=1S/C19H25FN4S/c1-4-21-18(22-11-17-13(2)24-14(3)25-17)23-12-19(9-10-19)15-5-7-16(20)8-6-15/h5-8H,4,9-12H2,1-3H3,(H2,21,22,23). The first-order valence-electron chi connectivity index (χ1n) is 8.73. The number of guanidine groups is 1. The number of nitrogens with one attached hydrogen (secondary N) is 2. The minimum absolute atomic E-state index is 0.112. The summed E-state index contributed by atoms with van der Waals surface area (Å²) >= 11 is 1.70. The molecule has 0 atom stereocenters. The van der Waals surface area contributed by atoms with E-state index in [1.165, 1.54) is 10.4 Å². The number of thiazole rings is 1. The van der Waals surface area contributed by atoms with Gasteiger partial charge in [-0.25, -0.2) is 14.4 Å². The summed E-state index contributed by atoms with van der Waals surface area (Å²) in [4.78, 5) is 10.4. The molecular formula is C19H25FN4S. The van der Waals surface area contributed by atoms with Gasteiger partial charge in [-0.2, -0.15) is 0 Å². The van der Waals surface area contributed by atoms with Crippen LogP contribution in [0.5, 0.6) is 0 Å². The number of aromatic nitrogens is 1. The van der Waals surface area contributed by atoms with E-state index in [9.17, 15) is 4.39 Å². The molecule has 134 valence electrons. The largest absolute Gasteiger partial charge is 0.357 e. The van der Waals surface area contributed by atoms with Crippen LogP contribution in [0.3, 0.4) is 0 Å². The number of benzene rings is 1. The average molecular weight is 361 g/mol. The Morgan fingerprint density at radius 1 is 1.24 bits per heavy atom. The Labute approximate surface area is 152 Å². The van der Waals surface area contributed by atoms with E-state index in [0.29, 0.717) is 6.54 Å². The third-order valence-electron chi connectivity index (χ3n) is 4.63. The predicted molar refractivity (Wildman–Crippen MR) is 102 cm³/mol. The highest BCUT2D eigenvalue weighted by Gasteiger charge is 2.44. The molecule has 0 amide bonds. The van der Waals surface area contributed by atoms with E-state index in [0.717, 1.165) is 42.6 Å². The van der Waals surface area contributed by atoms with E-state index < -0.39 is 0 Å². The van der Waals surface area contributed by atoms with Crippen molar-refractivity contribution in [3.63, 3.8) is 0 Å². The highest BCUT2D eigenvalue weighted by Crippen LogP contribution is 2.47. The van der Waals surface area contributed by atoms with Gasteiger partial charge >= 0.3 is 0 Å². The SMILES string of the molecule is CCNC(=NCc1sc(C)nc1C)NCC1(c2ccc(F)cc2)CC1. The van der Waals surface area contributed by atoms with Crippen LogP contribution in [0.1, 0.15) is 40.9 Å². The first kappa shape index (κ1) is 17.9. The number of aliphatic imine (C=N–C) groups is 1. The average Bonchev–Trinajstić information content (AvgIpc) is 3.30. The molecule has 0 radical (unpaired) electrons. The van der Waals surface area contributed by atoms with Crippen molar-refractivity contribution in [1.82, 2.24) is 15.6 Å². The van der Waals surface area contributed by atoms with Crippen LogP contribution in [-0.2, 0) is 12.0 Å². The fraction of sp³-hybridized carbons (Fsp3) is 0.474. The molecule has 1 aromatic heterocycles. The first-order chi connectivity index (χ1) is 12.0. The van der Waals surface area contributed by atoms with Crippen LogP contribution in [0.2, 0.25) is 0 Å². The number of halogens is 1. The molecule has 1 aliphatic carbocycles. The van der Waals surface area contributed by atoms with Crippen LogP contribution in [0.4, 0.5) is 4.39 Å². The molecule has 1 aromatic carbocycles. The normalized spacial score (nSPS) is 15.9.